The summed E-state index contributed by atoms with van der Waals surface area (Å²) in [6, 6.07) is 14.1. The number of nitrogens with one attached hydrogen (secondary N) is 1. The van der Waals surface area contributed by atoms with Gasteiger partial charge in [0.15, 0.2) is 0 Å². The number of hydrogen-bond acceptors (Lipinski definition) is 4. The Kier molecular flexibility index (Phi) is 3.36. The van der Waals surface area contributed by atoms with Crippen LogP contribution in [0.1, 0.15) is 18.4 Å². The fourth-order valence-electron chi connectivity index (χ4n) is 6.01. The Hall–Kier alpha value is -2.70. The molecular weight excluding hydrogens is 390 g/mol. The van der Waals surface area contributed by atoms with Crippen LogP contribution in [0.15, 0.2) is 48.5 Å². The van der Waals surface area contributed by atoms with E-state index >= 15 is 0 Å². The van der Waals surface area contributed by atoms with Crippen molar-refractivity contribution in [2.75, 3.05) is 16.8 Å². The molecule has 146 valence electrons. The van der Waals surface area contributed by atoms with E-state index in [-0.39, 0.29) is 23.8 Å². The van der Waals surface area contributed by atoms with Gasteiger partial charge in [0.2, 0.25) is 17.7 Å². The minimum Gasteiger partial charge on any atom is -0.324 e. The lowest BCUT2D eigenvalue weighted by Gasteiger charge is -2.36. The van der Waals surface area contributed by atoms with Gasteiger partial charge < -0.3 is 5.32 Å². The van der Waals surface area contributed by atoms with Crippen molar-refractivity contribution in [3.05, 3.63) is 59.1 Å². The molecule has 4 heterocycles. The van der Waals surface area contributed by atoms with E-state index in [0.29, 0.717) is 28.5 Å². The Bertz CT molecular complexity index is 1090. The molecule has 2 aromatic carbocycles. The number of fused-ring (bicyclic) bond motifs is 7. The number of halogens is 1. The molecular formula is C22H18ClN3O3. The molecule has 0 aromatic heterocycles. The average Bonchev–Trinajstić information content (AvgIpc) is 3.41. The van der Waals surface area contributed by atoms with E-state index in [2.05, 4.69) is 10.2 Å². The van der Waals surface area contributed by atoms with Crippen LogP contribution in [0.4, 0.5) is 11.4 Å². The Morgan fingerprint density at radius 2 is 1.83 bits per heavy atom. The van der Waals surface area contributed by atoms with Gasteiger partial charge in [-0.05, 0) is 49.7 Å². The first-order chi connectivity index (χ1) is 14.0. The maximum absolute atomic E-state index is 13.7. The number of nitrogens with zero attached hydrogens (tertiary/aromatic N) is 2. The summed E-state index contributed by atoms with van der Waals surface area (Å²) in [4.78, 5) is 44.0. The number of amides is 3. The van der Waals surface area contributed by atoms with Gasteiger partial charge in [-0.25, -0.2) is 4.90 Å². The number of anilines is 2. The van der Waals surface area contributed by atoms with Gasteiger partial charge in [-0.3, -0.25) is 19.3 Å². The Balaban J connectivity index is 1.58. The van der Waals surface area contributed by atoms with Crippen molar-refractivity contribution in [1.82, 2.24) is 4.90 Å². The van der Waals surface area contributed by atoms with E-state index in [1.807, 2.05) is 6.07 Å². The van der Waals surface area contributed by atoms with E-state index in [1.165, 1.54) is 4.90 Å². The number of imide groups is 1. The second kappa shape index (κ2) is 5.68. The highest BCUT2D eigenvalue weighted by Gasteiger charge is 2.74. The fourth-order valence-corrected chi connectivity index (χ4v) is 6.18. The standard InChI is InChI=1S/C22H18ClN3O3/c23-12-8-9-15-14(11-12)22(21(29)24-15)18-17(16-7-4-10-25(16)22)19(27)26(20(18)28)13-5-2-1-3-6-13/h1-3,5-6,8-9,11,16-18H,4,7,10H2,(H,24,29)/t16-,17+,18-,22-/m1/s1. The lowest BCUT2D eigenvalue weighted by molar-refractivity contribution is -0.135. The first kappa shape index (κ1) is 17.2. The van der Waals surface area contributed by atoms with Gasteiger partial charge in [-0.2, -0.15) is 0 Å². The third-order valence-electron chi connectivity index (χ3n) is 6.97. The third kappa shape index (κ3) is 1.93. The first-order valence-electron chi connectivity index (χ1n) is 9.86. The van der Waals surface area contributed by atoms with Crippen LogP contribution in [0.5, 0.6) is 0 Å². The topological polar surface area (TPSA) is 69.7 Å². The number of benzene rings is 2. The molecule has 0 saturated carbocycles. The number of carbonyl (C=O) groups is 3. The summed E-state index contributed by atoms with van der Waals surface area (Å²) in [5.74, 6) is -2.02. The maximum Gasteiger partial charge on any atom is 0.250 e. The molecule has 7 heteroatoms. The third-order valence-corrected chi connectivity index (χ3v) is 7.20. The molecule has 2 aromatic rings. The van der Waals surface area contributed by atoms with Crippen molar-refractivity contribution in [3.63, 3.8) is 0 Å². The molecule has 6 rings (SSSR count). The van der Waals surface area contributed by atoms with Gasteiger partial charge in [0.05, 0.1) is 17.5 Å². The summed E-state index contributed by atoms with van der Waals surface area (Å²) in [7, 11) is 0. The summed E-state index contributed by atoms with van der Waals surface area (Å²) in [5, 5.41) is 3.46. The Morgan fingerprint density at radius 1 is 1.03 bits per heavy atom. The summed E-state index contributed by atoms with van der Waals surface area (Å²) in [6.45, 7) is 0.683. The quantitative estimate of drug-likeness (QED) is 0.738. The van der Waals surface area contributed by atoms with Crippen molar-refractivity contribution in [1.29, 1.82) is 0 Å². The minimum atomic E-state index is -1.18. The van der Waals surface area contributed by atoms with Crippen LogP contribution >= 0.6 is 11.6 Å². The van der Waals surface area contributed by atoms with E-state index < -0.39 is 17.4 Å². The van der Waals surface area contributed by atoms with Crippen LogP contribution in [0.25, 0.3) is 0 Å². The van der Waals surface area contributed by atoms with Crippen molar-refractivity contribution in [3.8, 4) is 0 Å². The van der Waals surface area contributed by atoms with E-state index in [0.717, 1.165) is 12.8 Å². The second-order valence-electron chi connectivity index (χ2n) is 8.16. The van der Waals surface area contributed by atoms with E-state index in [4.69, 9.17) is 11.6 Å². The number of carbonyl (C=O) groups excluding carboxylic acids is 3. The van der Waals surface area contributed by atoms with E-state index in [9.17, 15) is 14.4 Å². The van der Waals surface area contributed by atoms with Crippen LogP contribution in [-0.4, -0.2) is 35.2 Å². The largest absolute Gasteiger partial charge is 0.324 e. The zero-order chi connectivity index (χ0) is 19.9. The smallest absolute Gasteiger partial charge is 0.250 e. The monoisotopic (exact) mass is 407 g/mol. The Morgan fingerprint density at radius 3 is 2.62 bits per heavy atom. The van der Waals surface area contributed by atoms with Gasteiger partial charge in [0, 0.05) is 22.3 Å². The van der Waals surface area contributed by atoms with Crippen LogP contribution in [0.3, 0.4) is 0 Å². The molecule has 3 fully saturated rings. The molecule has 0 aliphatic carbocycles. The lowest BCUT2D eigenvalue weighted by Crippen LogP contribution is -2.54. The van der Waals surface area contributed by atoms with E-state index in [1.54, 1.807) is 42.5 Å². The molecule has 3 amide bonds. The van der Waals surface area contributed by atoms with Crippen LogP contribution in [0, 0.1) is 11.8 Å². The lowest BCUT2D eigenvalue weighted by atomic mass is 9.75. The highest BCUT2D eigenvalue weighted by Crippen LogP contribution is 2.60. The molecule has 1 N–H and O–H groups in total. The molecule has 1 spiro atoms. The highest BCUT2D eigenvalue weighted by molar-refractivity contribution is 6.31. The van der Waals surface area contributed by atoms with Crippen molar-refractivity contribution in [2.45, 2.75) is 24.4 Å². The minimum absolute atomic E-state index is 0.124. The highest BCUT2D eigenvalue weighted by atomic mass is 35.5. The normalized spacial score (nSPS) is 32.7. The molecule has 4 aliphatic rings. The fraction of sp³-hybridized carbons (Fsp3) is 0.318. The summed E-state index contributed by atoms with van der Waals surface area (Å²) >= 11 is 6.29. The SMILES string of the molecule is O=C1[C@H]2[C@H]3CCCN3[C@@]3(C(=O)Nc4ccc(Cl)cc43)[C@H]2C(=O)N1c1ccccc1. The molecule has 6 nitrogen and oxygen atoms in total. The predicted molar refractivity (Wildman–Crippen MR) is 107 cm³/mol. The molecule has 4 atom stereocenters. The van der Waals surface area contributed by atoms with Crippen molar-refractivity contribution in [2.24, 2.45) is 11.8 Å². The van der Waals surface area contributed by atoms with Gasteiger partial charge in [-0.15, -0.1) is 0 Å². The molecule has 4 aliphatic heterocycles. The Labute approximate surface area is 172 Å². The van der Waals surface area contributed by atoms with Gasteiger partial charge in [-0.1, -0.05) is 29.8 Å². The zero-order valence-corrected chi connectivity index (χ0v) is 16.2. The predicted octanol–water partition coefficient (Wildman–Crippen LogP) is 2.77. The number of para-hydroxylation sites is 1. The molecule has 0 bridgehead atoms. The van der Waals surface area contributed by atoms with Crippen molar-refractivity contribution >= 4 is 40.7 Å². The molecule has 3 saturated heterocycles. The molecule has 0 unspecified atom stereocenters. The maximum atomic E-state index is 13.7. The summed E-state index contributed by atoms with van der Waals surface area (Å²) in [5.41, 5.74) is 0.762. The van der Waals surface area contributed by atoms with Crippen LogP contribution < -0.4 is 10.2 Å². The summed E-state index contributed by atoms with van der Waals surface area (Å²) < 4.78 is 0. The van der Waals surface area contributed by atoms with Gasteiger partial charge >= 0.3 is 0 Å². The van der Waals surface area contributed by atoms with Gasteiger partial charge in [0.25, 0.3) is 0 Å². The number of rotatable bonds is 1. The van der Waals surface area contributed by atoms with Crippen molar-refractivity contribution < 1.29 is 14.4 Å². The average molecular weight is 408 g/mol. The zero-order valence-electron chi connectivity index (χ0n) is 15.5. The van der Waals surface area contributed by atoms with Crippen LogP contribution in [0.2, 0.25) is 5.02 Å². The van der Waals surface area contributed by atoms with Gasteiger partial charge in [0.1, 0.15) is 5.54 Å². The second-order valence-corrected chi connectivity index (χ2v) is 8.60. The first-order valence-corrected chi connectivity index (χ1v) is 10.2. The van der Waals surface area contributed by atoms with Crippen LogP contribution in [-0.2, 0) is 19.9 Å². The molecule has 29 heavy (non-hydrogen) atoms. The number of hydrogen-bond donors (Lipinski definition) is 1. The molecule has 0 radical (unpaired) electrons. The summed E-state index contributed by atoms with van der Waals surface area (Å²) in [6.07, 6.45) is 1.69.